The van der Waals surface area contributed by atoms with Gasteiger partial charge in [-0.2, -0.15) is 14.9 Å². The van der Waals surface area contributed by atoms with E-state index in [-0.39, 0.29) is 0 Å². The highest BCUT2D eigenvalue weighted by Crippen LogP contribution is 2.29. The number of aromatic nitrogens is 3. The molecule has 0 amide bonds. The molecule has 0 aliphatic rings. The zero-order valence-corrected chi connectivity index (χ0v) is 17.1. The first kappa shape index (κ1) is 19.8. The molecule has 1 heterocycles. The zero-order valence-electron chi connectivity index (χ0n) is 16.3. The number of rotatable bonds is 8. The monoisotopic (exact) mass is 396 g/mol. The molecule has 146 valence electrons. The van der Waals surface area contributed by atoms with Crippen LogP contribution >= 0.6 is 12.2 Å². The predicted molar refractivity (Wildman–Crippen MR) is 113 cm³/mol. The minimum atomic E-state index is 0.469. The van der Waals surface area contributed by atoms with Crippen LogP contribution in [-0.2, 0) is 13.0 Å². The summed E-state index contributed by atoms with van der Waals surface area (Å²) in [5, 5.41) is 11.3. The van der Waals surface area contributed by atoms with Crippen LogP contribution in [0.5, 0.6) is 11.5 Å². The van der Waals surface area contributed by atoms with Crippen molar-refractivity contribution in [3.8, 4) is 11.5 Å². The molecule has 0 fully saturated rings. The maximum absolute atomic E-state index is 5.97. The van der Waals surface area contributed by atoms with E-state index in [0.29, 0.717) is 29.5 Å². The van der Waals surface area contributed by atoms with Gasteiger partial charge in [0.15, 0.2) is 17.3 Å². The van der Waals surface area contributed by atoms with E-state index < -0.39 is 0 Å². The smallest absolute Gasteiger partial charge is 0.216 e. The number of H-pyrrole nitrogens is 1. The highest BCUT2D eigenvalue weighted by molar-refractivity contribution is 7.71. The number of hydrogen-bond acceptors (Lipinski definition) is 5. The van der Waals surface area contributed by atoms with Crippen molar-refractivity contribution in [2.45, 2.75) is 33.8 Å². The van der Waals surface area contributed by atoms with Crippen LogP contribution in [0.25, 0.3) is 0 Å². The summed E-state index contributed by atoms with van der Waals surface area (Å²) in [6.45, 7) is 7.05. The summed E-state index contributed by atoms with van der Waals surface area (Å²) in [5.74, 6) is 2.17. The molecule has 7 heteroatoms. The van der Waals surface area contributed by atoms with E-state index >= 15 is 0 Å². The molecule has 2 aromatic carbocycles. The lowest BCUT2D eigenvalue weighted by atomic mass is 10.2. The molecule has 0 unspecified atom stereocenters. The van der Waals surface area contributed by atoms with Crippen LogP contribution in [0, 0.1) is 11.7 Å². The number of nitrogens with one attached hydrogen (secondary N) is 1. The molecule has 0 aliphatic heterocycles. The maximum Gasteiger partial charge on any atom is 0.216 e. The second-order valence-corrected chi connectivity index (χ2v) is 6.66. The molecule has 0 spiro atoms. The van der Waals surface area contributed by atoms with Crippen molar-refractivity contribution >= 4 is 18.4 Å². The van der Waals surface area contributed by atoms with Crippen molar-refractivity contribution in [3.05, 3.63) is 69.8 Å². The Morgan fingerprint density at radius 1 is 1.11 bits per heavy atom. The zero-order chi connectivity index (χ0) is 19.9. The van der Waals surface area contributed by atoms with Crippen LogP contribution in [0.2, 0.25) is 0 Å². The first-order valence-electron chi connectivity index (χ1n) is 9.26. The molecule has 0 saturated carbocycles. The molecule has 3 rings (SSSR count). The second kappa shape index (κ2) is 9.32. The summed E-state index contributed by atoms with van der Waals surface area (Å²) in [7, 11) is 0. The molecule has 28 heavy (non-hydrogen) atoms. The van der Waals surface area contributed by atoms with Gasteiger partial charge in [0.25, 0.3) is 0 Å². The number of aryl methyl sites for hydroxylation is 2. The van der Waals surface area contributed by atoms with Gasteiger partial charge in [0.05, 0.1) is 12.8 Å². The first-order valence-corrected chi connectivity index (χ1v) is 9.67. The molecule has 0 aliphatic carbocycles. The van der Waals surface area contributed by atoms with E-state index in [1.807, 2.05) is 32.0 Å². The largest absolute Gasteiger partial charge is 0.490 e. The van der Waals surface area contributed by atoms with Crippen molar-refractivity contribution < 1.29 is 9.47 Å². The van der Waals surface area contributed by atoms with Gasteiger partial charge in [-0.05, 0) is 55.4 Å². The number of aromatic amines is 1. The summed E-state index contributed by atoms with van der Waals surface area (Å²) in [5.41, 5.74) is 3.22. The van der Waals surface area contributed by atoms with Crippen molar-refractivity contribution in [3.63, 3.8) is 0 Å². The van der Waals surface area contributed by atoms with Crippen molar-refractivity contribution in [2.75, 3.05) is 6.61 Å². The third-order valence-corrected chi connectivity index (χ3v) is 4.40. The molecular weight excluding hydrogens is 372 g/mol. The highest BCUT2D eigenvalue weighted by atomic mass is 32.1. The average Bonchev–Trinajstić information content (AvgIpc) is 3.06. The standard InChI is InChI=1S/C21H24N4O2S/c1-4-20-23-24-21(28)25(20)22-13-17-10-11-18(19(12-17)26-5-2)27-14-16-8-6-15(3)7-9-16/h6-13H,4-5,14H2,1-3H3,(H,24,28)/b22-13+. The van der Waals surface area contributed by atoms with Gasteiger partial charge in [-0.3, -0.25) is 5.10 Å². The lowest BCUT2D eigenvalue weighted by molar-refractivity contribution is 0.269. The van der Waals surface area contributed by atoms with Gasteiger partial charge in [-0.1, -0.05) is 36.8 Å². The lowest BCUT2D eigenvalue weighted by Crippen LogP contribution is -2.01. The van der Waals surface area contributed by atoms with Gasteiger partial charge >= 0.3 is 0 Å². The van der Waals surface area contributed by atoms with E-state index in [1.54, 1.807) is 10.9 Å². The Morgan fingerprint density at radius 3 is 2.61 bits per heavy atom. The van der Waals surface area contributed by atoms with Crippen LogP contribution in [0.15, 0.2) is 47.6 Å². The van der Waals surface area contributed by atoms with Gasteiger partial charge in [-0.15, -0.1) is 0 Å². The summed E-state index contributed by atoms with van der Waals surface area (Å²) < 4.78 is 13.8. The number of nitrogens with zero attached hydrogens (tertiary/aromatic N) is 3. The topological polar surface area (TPSA) is 64.4 Å². The SMILES string of the molecule is CCOc1cc(/C=N/n2c(CC)n[nH]c2=S)ccc1OCc1ccc(C)cc1. The number of hydrogen-bond donors (Lipinski definition) is 1. The van der Waals surface area contributed by atoms with Gasteiger partial charge in [0.1, 0.15) is 6.61 Å². The normalized spacial score (nSPS) is 11.1. The molecule has 6 nitrogen and oxygen atoms in total. The predicted octanol–water partition coefficient (Wildman–Crippen LogP) is 4.67. The molecule has 0 saturated heterocycles. The van der Waals surface area contributed by atoms with Gasteiger partial charge in [-0.25, -0.2) is 0 Å². The molecule has 0 bridgehead atoms. The Hall–Kier alpha value is -2.93. The molecule has 1 aromatic heterocycles. The van der Waals surface area contributed by atoms with E-state index in [1.165, 1.54) is 5.56 Å². The van der Waals surface area contributed by atoms with Gasteiger partial charge < -0.3 is 9.47 Å². The van der Waals surface area contributed by atoms with Crippen LogP contribution < -0.4 is 9.47 Å². The Labute approximate surface area is 169 Å². The Morgan fingerprint density at radius 2 is 1.89 bits per heavy atom. The fraction of sp³-hybridized carbons (Fsp3) is 0.286. The second-order valence-electron chi connectivity index (χ2n) is 6.27. The Kier molecular flexibility index (Phi) is 6.60. The summed E-state index contributed by atoms with van der Waals surface area (Å²) in [6.07, 6.45) is 2.47. The third kappa shape index (κ3) is 4.86. The molecular formula is C21H24N4O2S. The Balaban J connectivity index is 1.78. The number of ether oxygens (including phenoxy) is 2. The van der Waals surface area contributed by atoms with Crippen LogP contribution in [0.1, 0.15) is 36.4 Å². The number of benzene rings is 2. The Bertz CT molecular complexity index is 1010. The molecule has 3 aromatic rings. The quantitative estimate of drug-likeness (QED) is 0.444. The van der Waals surface area contributed by atoms with E-state index in [9.17, 15) is 0 Å². The lowest BCUT2D eigenvalue weighted by Gasteiger charge is -2.13. The summed E-state index contributed by atoms with van der Waals surface area (Å²) in [4.78, 5) is 0. The minimum absolute atomic E-state index is 0.469. The third-order valence-electron chi connectivity index (χ3n) is 4.14. The average molecular weight is 397 g/mol. The van der Waals surface area contributed by atoms with Gasteiger partial charge in [0, 0.05) is 6.42 Å². The van der Waals surface area contributed by atoms with Gasteiger partial charge in [0.2, 0.25) is 4.77 Å². The molecule has 0 radical (unpaired) electrons. The van der Waals surface area contributed by atoms with Crippen molar-refractivity contribution in [1.82, 2.24) is 14.9 Å². The fourth-order valence-electron chi connectivity index (χ4n) is 2.63. The van der Waals surface area contributed by atoms with E-state index in [2.05, 4.69) is 46.5 Å². The summed E-state index contributed by atoms with van der Waals surface area (Å²) in [6, 6.07) is 14.0. The van der Waals surface area contributed by atoms with Crippen LogP contribution in [0.3, 0.4) is 0 Å². The molecule has 0 atom stereocenters. The highest BCUT2D eigenvalue weighted by Gasteiger charge is 2.07. The minimum Gasteiger partial charge on any atom is -0.490 e. The summed E-state index contributed by atoms with van der Waals surface area (Å²) >= 11 is 5.22. The van der Waals surface area contributed by atoms with E-state index in [4.69, 9.17) is 21.7 Å². The van der Waals surface area contributed by atoms with Crippen LogP contribution in [-0.4, -0.2) is 27.7 Å². The molecule has 1 N–H and O–H groups in total. The van der Waals surface area contributed by atoms with Crippen molar-refractivity contribution in [2.24, 2.45) is 5.10 Å². The van der Waals surface area contributed by atoms with Crippen LogP contribution in [0.4, 0.5) is 0 Å². The van der Waals surface area contributed by atoms with E-state index in [0.717, 1.165) is 23.4 Å². The maximum atomic E-state index is 5.97. The fourth-order valence-corrected chi connectivity index (χ4v) is 2.83. The van der Waals surface area contributed by atoms with Crippen molar-refractivity contribution in [1.29, 1.82) is 0 Å². The first-order chi connectivity index (χ1) is 13.6.